The largest absolute Gasteiger partial charge is 0.311 e. The molecule has 2 unspecified atom stereocenters. The Morgan fingerprint density at radius 3 is 1.95 bits per heavy atom. The molecule has 8 aromatic rings. The molecule has 2 bridgehead atoms. The summed E-state index contributed by atoms with van der Waals surface area (Å²) in [6.45, 7) is 26.4. The van der Waals surface area contributed by atoms with Gasteiger partial charge in [-0.1, -0.05) is 162 Å². The molecule has 0 spiro atoms. The lowest BCUT2D eigenvalue weighted by atomic mass is 9.36. The monoisotopic (exact) mass is 1050 g/mol. The molecule has 7 aromatic carbocycles. The molecule has 5 heteroatoms. The predicted molar refractivity (Wildman–Crippen MR) is 343 cm³/mol. The minimum atomic E-state index is -2.38. The summed E-state index contributed by atoms with van der Waals surface area (Å²) in [5.41, 5.74) is 23.5. The lowest BCUT2D eigenvalue weighted by Gasteiger charge is -2.46. The molecule has 1 aromatic heterocycles. The molecule has 14 rings (SSSR count). The van der Waals surface area contributed by atoms with Gasteiger partial charge in [0.2, 0.25) is 0 Å². The Bertz CT molecular complexity index is 4050. The number of rotatable bonds is 6. The fraction of sp³-hybridized carbons (Fsp3) is 0.351. The molecule has 79 heavy (non-hydrogen) atoms. The van der Waals surface area contributed by atoms with Crippen LogP contribution in [0.1, 0.15) is 177 Å². The lowest BCUT2D eigenvalue weighted by molar-refractivity contribution is 0.332. The van der Waals surface area contributed by atoms with Gasteiger partial charge in [0.05, 0.1) is 17.1 Å². The molecule has 3 nitrogen and oxygen atoms in total. The van der Waals surface area contributed by atoms with Crippen LogP contribution in [0.5, 0.6) is 0 Å². The van der Waals surface area contributed by atoms with Gasteiger partial charge >= 0.3 is 0 Å². The van der Waals surface area contributed by atoms with Crippen LogP contribution >= 0.6 is 11.3 Å². The molecule has 398 valence electrons. The van der Waals surface area contributed by atoms with E-state index in [9.17, 15) is 0 Å². The van der Waals surface area contributed by atoms with Crippen LogP contribution in [-0.4, -0.2) is 6.71 Å². The molecule has 0 N–H and O–H groups in total. The van der Waals surface area contributed by atoms with Crippen LogP contribution in [0.3, 0.4) is 0 Å². The molecule has 6 aliphatic rings. The number of hydrogen-bond acceptors (Lipinski definition) is 4. The molecule has 2 atom stereocenters. The maximum Gasteiger partial charge on any atom is 0.264 e. The van der Waals surface area contributed by atoms with Gasteiger partial charge in [-0.25, -0.2) is 0 Å². The van der Waals surface area contributed by atoms with Crippen molar-refractivity contribution < 1.29 is 4.11 Å². The molecular formula is C74H78BN3S. The van der Waals surface area contributed by atoms with E-state index in [0.717, 1.165) is 59.8 Å². The molecule has 1 saturated carbocycles. The smallest absolute Gasteiger partial charge is 0.264 e. The zero-order chi connectivity index (χ0) is 57.4. The van der Waals surface area contributed by atoms with E-state index in [-0.39, 0.29) is 39.2 Å². The van der Waals surface area contributed by atoms with Crippen molar-refractivity contribution >= 4 is 101 Å². The van der Waals surface area contributed by atoms with E-state index in [2.05, 4.69) is 219 Å². The molecule has 3 heterocycles. The highest BCUT2D eigenvalue weighted by atomic mass is 32.1. The van der Waals surface area contributed by atoms with E-state index in [4.69, 9.17) is 4.11 Å². The zero-order valence-electron chi connectivity index (χ0n) is 51.7. The summed E-state index contributed by atoms with van der Waals surface area (Å²) in [5.74, 6) is 0. The summed E-state index contributed by atoms with van der Waals surface area (Å²) in [5, 5.41) is 1.33. The topological polar surface area (TPSA) is 9.72 Å². The summed E-state index contributed by atoms with van der Waals surface area (Å²) in [6, 6.07) is 50.3. The highest BCUT2D eigenvalue weighted by molar-refractivity contribution is 7.33. The number of aryl methyl sites for hydroxylation is 1. The lowest BCUT2D eigenvalue weighted by Crippen LogP contribution is -2.60. The number of fused-ring (bicyclic) bond motifs is 12. The fourth-order valence-corrected chi connectivity index (χ4v) is 16.7. The van der Waals surface area contributed by atoms with Crippen molar-refractivity contribution in [3.8, 4) is 0 Å². The number of thiophene rings is 1. The second-order valence-corrected chi connectivity index (χ2v) is 29.4. The highest BCUT2D eigenvalue weighted by Crippen LogP contribution is 2.63. The van der Waals surface area contributed by atoms with Gasteiger partial charge in [-0.3, -0.25) is 0 Å². The third kappa shape index (κ3) is 7.71. The molecule has 1 fully saturated rings. The summed E-state index contributed by atoms with van der Waals surface area (Å²) in [6.07, 6.45) is 14.7. The minimum Gasteiger partial charge on any atom is -0.311 e. The second kappa shape index (κ2) is 17.2. The van der Waals surface area contributed by atoms with E-state index in [1.807, 2.05) is 35.6 Å². The number of allylic oxidation sites excluding steroid dienone is 4. The van der Waals surface area contributed by atoms with E-state index in [0.29, 0.717) is 11.3 Å². The fourth-order valence-electron chi connectivity index (χ4n) is 15.4. The Balaban J connectivity index is 1.16. The van der Waals surface area contributed by atoms with Gasteiger partial charge in [0.25, 0.3) is 6.71 Å². The van der Waals surface area contributed by atoms with Gasteiger partial charge in [-0.05, 0) is 213 Å². The Morgan fingerprint density at radius 2 is 1.25 bits per heavy atom. The van der Waals surface area contributed by atoms with Crippen molar-refractivity contribution in [1.82, 2.24) is 0 Å². The SMILES string of the molecule is [2H]C([2H])([2H])c1ccccc1N(c1ccccc1)c1cc2c3c(c1)N(c1ccc4c(c1)C(C)(C)CCC4(C)C)c1c(sc4cc5c(cc14)C1(C)CCC5(C)C1)B3c1cc(C(C)(C)C)ccc1N2c1ccc(C(C)(C)C)cc1C1=CC=CCC1. The van der Waals surface area contributed by atoms with Crippen LogP contribution in [0.2, 0.25) is 0 Å². The van der Waals surface area contributed by atoms with Crippen molar-refractivity contribution in [2.45, 2.75) is 167 Å². The van der Waals surface area contributed by atoms with Crippen LogP contribution in [0.15, 0.2) is 152 Å². The Kier molecular flexibility index (Phi) is 10.3. The van der Waals surface area contributed by atoms with Gasteiger partial charge in [0.15, 0.2) is 0 Å². The van der Waals surface area contributed by atoms with Crippen molar-refractivity contribution in [2.24, 2.45) is 0 Å². The van der Waals surface area contributed by atoms with Gasteiger partial charge in [0.1, 0.15) is 0 Å². The van der Waals surface area contributed by atoms with Crippen LogP contribution in [-0.2, 0) is 32.5 Å². The van der Waals surface area contributed by atoms with Gasteiger partial charge in [-0.15, -0.1) is 11.3 Å². The van der Waals surface area contributed by atoms with E-state index in [1.165, 1.54) is 95.4 Å². The first kappa shape index (κ1) is 47.3. The molecular weight excluding hydrogens is 974 g/mol. The van der Waals surface area contributed by atoms with Crippen LogP contribution in [0.4, 0.5) is 51.2 Å². The number of hydrogen-bond donors (Lipinski definition) is 0. The number of para-hydroxylation sites is 2. The van der Waals surface area contributed by atoms with Gasteiger partial charge in [-0.2, -0.15) is 0 Å². The standard InChI is InChI=1S/C74H78BN3S/c1-46-22-20-21-27-60(46)76(50-25-18-15-19-26-50)52-41-63-66-64(42-52)78(61-32-28-48(69(2,3)4)38-53(61)47-23-16-14-17-24-47)62-33-29-49(70(5,6)7)39-59(62)75(66)68-67(54-43-57-58(44-65(54)79-68)74(13)37-36-73(57,12)45-74)77(63)51-30-31-55-56(40-51)72(10,11)35-34-71(55,8)9/h14-16,18-23,25-33,38-44H,17,24,34-37,45H2,1-13H3/i1D3. The normalized spacial score (nSPS) is 21.8. The molecule has 4 aliphatic carbocycles. The van der Waals surface area contributed by atoms with E-state index >= 15 is 0 Å². The number of anilines is 9. The van der Waals surface area contributed by atoms with Crippen LogP contribution in [0, 0.1) is 6.85 Å². The summed E-state index contributed by atoms with van der Waals surface area (Å²) in [7, 11) is 0. The molecule has 0 radical (unpaired) electrons. The van der Waals surface area contributed by atoms with Crippen molar-refractivity contribution in [2.75, 3.05) is 14.7 Å². The van der Waals surface area contributed by atoms with Crippen LogP contribution < -0.4 is 30.4 Å². The Morgan fingerprint density at radius 1 is 0.595 bits per heavy atom. The first-order valence-corrected chi connectivity index (χ1v) is 30.2. The Hall–Kier alpha value is -6.56. The Labute approximate surface area is 480 Å². The first-order chi connectivity index (χ1) is 38.7. The summed E-state index contributed by atoms with van der Waals surface area (Å²) >= 11 is 2.02. The van der Waals surface area contributed by atoms with Gasteiger partial charge < -0.3 is 14.7 Å². The number of benzene rings is 7. The van der Waals surface area contributed by atoms with E-state index in [1.54, 1.807) is 11.6 Å². The summed E-state index contributed by atoms with van der Waals surface area (Å²) in [4.78, 5) is 7.52. The van der Waals surface area contributed by atoms with Crippen molar-refractivity contribution in [3.05, 3.63) is 196 Å². The van der Waals surface area contributed by atoms with Crippen molar-refractivity contribution in [3.63, 3.8) is 0 Å². The predicted octanol–water partition coefficient (Wildman–Crippen LogP) is 19.2. The number of nitrogens with zero attached hydrogens (tertiary/aromatic N) is 3. The maximum absolute atomic E-state index is 9.08. The zero-order valence-corrected chi connectivity index (χ0v) is 49.5. The van der Waals surface area contributed by atoms with Gasteiger partial charge in [0, 0.05) is 58.7 Å². The maximum atomic E-state index is 9.08. The highest BCUT2D eigenvalue weighted by Gasteiger charge is 2.54. The quantitative estimate of drug-likeness (QED) is 0.154. The third-order valence-corrected chi connectivity index (χ3v) is 21.1. The average molecular weight is 1060 g/mol. The average Bonchev–Trinajstić information content (AvgIpc) is 1.52. The van der Waals surface area contributed by atoms with Crippen molar-refractivity contribution in [1.29, 1.82) is 0 Å². The van der Waals surface area contributed by atoms with Crippen LogP contribution in [0.25, 0.3) is 15.7 Å². The first-order valence-electron chi connectivity index (χ1n) is 30.9. The summed E-state index contributed by atoms with van der Waals surface area (Å²) < 4.78 is 30.0. The third-order valence-electron chi connectivity index (χ3n) is 19.9. The van der Waals surface area contributed by atoms with E-state index < -0.39 is 6.85 Å². The molecule has 2 aliphatic heterocycles. The molecule has 0 saturated heterocycles. The molecule has 0 amide bonds. The minimum absolute atomic E-state index is 0.0340. The second-order valence-electron chi connectivity index (χ2n) is 28.4.